The van der Waals surface area contributed by atoms with Crippen molar-refractivity contribution < 1.29 is 24.2 Å². The van der Waals surface area contributed by atoms with Gasteiger partial charge in [0.15, 0.2) is 0 Å². The average molecular weight is 550 g/mol. The van der Waals surface area contributed by atoms with E-state index in [1.807, 2.05) is 97.1 Å². The van der Waals surface area contributed by atoms with Crippen LogP contribution in [0.3, 0.4) is 0 Å². The maximum atomic E-state index is 14.7. The number of aliphatic hydroxyl groups excluding tert-OH is 1. The Hall–Kier alpha value is -4.27. The number of benzene rings is 3. The van der Waals surface area contributed by atoms with E-state index in [-0.39, 0.29) is 30.9 Å². The van der Waals surface area contributed by atoms with Gasteiger partial charge in [0.1, 0.15) is 11.6 Å². The van der Waals surface area contributed by atoms with Gasteiger partial charge in [-0.05, 0) is 28.5 Å². The summed E-state index contributed by atoms with van der Waals surface area (Å²) in [4.78, 5) is 47.7. The van der Waals surface area contributed by atoms with Gasteiger partial charge in [0, 0.05) is 25.8 Å². The van der Waals surface area contributed by atoms with Gasteiger partial charge >= 0.3 is 0 Å². The number of anilines is 1. The summed E-state index contributed by atoms with van der Waals surface area (Å²) in [5.74, 6) is -2.55. The number of fused-ring (bicyclic) bond motifs is 3. The molecule has 1 N–H and O–H groups in total. The van der Waals surface area contributed by atoms with Crippen LogP contribution in [0.25, 0.3) is 10.8 Å². The number of likely N-dealkylation sites (tertiary alicyclic amines) is 1. The molecule has 8 nitrogen and oxygen atoms in total. The van der Waals surface area contributed by atoms with Crippen LogP contribution in [0.1, 0.15) is 11.6 Å². The lowest BCUT2D eigenvalue weighted by molar-refractivity contribution is -0.146. The molecule has 3 aromatic carbocycles. The topological polar surface area (TPSA) is 90.4 Å². The number of carbonyl (C=O) groups is 3. The van der Waals surface area contributed by atoms with Gasteiger partial charge in [0.2, 0.25) is 11.8 Å². The van der Waals surface area contributed by atoms with Crippen molar-refractivity contribution in [3.05, 3.63) is 103 Å². The summed E-state index contributed by atoms with van der Waals surface area (Å²) in [6.45, 7) is 0.315. The fraction of sp³-hybridized carbons (Fsp3) is 0.303. The van der Waals surface area contributed by atoms with Crippen LogP contribution in [0.2, 0.25) is 0 Å². The fourth-order valence-corrected chi connectivity index (χ4v) is 7.14. The summed E-state index contributed by atoms with van der Waals surface area (Å²) in [5.41, 5.74) is 0.0436. The highest BCUT2D eigenvalue weighted by molar-refractivity contribution is 6.06. The first kappa shape index (κ1) is 25.7. The molecule has 2 fully saturated rings. The molecule has 3 amide bonds. The maximum Gasteiger partial charge on any atom is 0.253 e. The molecule has 0 radical (unpaired) electrons. The van der Waals surface area contributed by atoms with Crippen molar-refractivity contribution in [2.45, 2.75) is 23.8 Å². The molecule has 0 aliphatic carbocycles. The smallest absolute Gasteiger partial charge is 0.253 e. The van der Waals surface area contributed by atoms with Crippen molar-refractivity contribution >= 4 is 34.2 Å². The van der Waals surface area contributed by atoms with E-state index in [9.17, 15) is 19.5 Å². The zero-order valence-electron chi connectivity index (χ0n) is 22.7. The van der Waals surface area contributed by atoms with Gasteiger partial charge in [-0.3, -0.25) is 14.4 Å². The van der Waals surface area contributed by atoms with E-state index in [4.69, 9.17) is 4.74 Å². The van der Waals surface area contributed by atoms with Crippen molar-refractivity contribution in [1.29, 1.82) is 0 Å². The van der Waals surface area contributed by atoms with E-state index in [2.05, 4.69) is 0 Å². The number of amides is 3. The minimum absolute atomic E-state index is 0.187. The molecule has 6 atom stereocenters. The first-order chi connectivity index (χ1) is 19.9. The van der Waals surface area contributed by atoms with E-state index in [1.165, 1.54) is 4.90 Å². The highest BCUT2D eigenvalue weighted by Crippen LogP contribution is 2.55. The monoisotopic (exact) mass is 549 g/mol. The summed E-state index contributed by atoms with van der Waals surface area (Å²) in [6.07, 6.45) is 6.78. The van der Waals surface area contributed by atoms with Crippen molar-refractivity contribution in [2.75, 3.05) is 31.6 Å². The zero-order valence-corrected chi connectivity index (χ0v) is 22.7. The van der Waals surface area contributed by atoms with Crippen LogP contribution in [0, 0.1) is 11.8 Å². The van der Waals surface area contributed by atoms with Gasteiger partial charge in [0.05, 0.1) is 30.6 Å². The minimum atomic E-state index is -1.37. The van der Waals surface area contributed by atoms with E-state index in [0.29, 0.717) is 17.8 Å². The molecule has 4 aliphatic heterocycles. The standard InChI is InChI=1S/C33H31N3O5/c1-34-17-7-13-26-27(30(34)38)28-31(39)36(25(20-37)22-10-3-2-4-11-22)29-32(40)35(18-8-16-33(28,29)41-26)24-15-14-21-9-5-6-12-23(21)19-24/h2-16,19,25-29,37H,17-18,20H2,1H3/t25-,26+,27-,28+,29?,33+/m1/s1. The minimum Gasteiger partial charge on any atom is -0.394 e. The molecule has 4 aliphatic rings. The number of ether oxygens (including phenoxy) is 1. The van der Waals surface area contributed by atoms with Crippen molar-refractivity contribution in [3.63, 3.8) is 0 Å². The molecular weight excluding hydrogens is 518 g/mol. The van der Waals surface area contributed by atoms with E-state index in [1.54, 1.807) is 16.8 Å². The number of hydrogen-bond donors (Lipinski definition) is 1. The Morgan fingerprint density at radius 1 is 0.902 bits per heavy atom. The number of likely N-dealkylation sites (N-methyl/N-ethyl adjacent to an activating group) is 1. The molecule has 41 heavy (non-hydrogen) atoms. The molecule has 0 aromatic heterocycles. The van der Waals surface area contributed by atoms with Crippen LogP contribution in [-0.4, -0.2) is 77.1 Å². The van der Waals surface area contributed by atoms with Crippen molar-refractivity contribution in [2.24, 2.45) is 11.8 Å². The predicted octanol–water partition coefficient (Wildman–Crippen LogP) is 3.09. The Kier molecular flexibility index (Phi) is 6.06. The molecule has 1 spiro atoms. The number of aliphatic hydroxyl groups is 1. The second-order valence-electron chi connectivity index (χ2n) is 11.2. The summed E-state index contributed by atoms with van der Waals surface area (Å²) in [7, 11) is 1.71. The molecule has 8 heteroatoms. The third-order valence-electron chi connectivity index (χ3n) is 9.04. The molecule has 4 heterocycles. The van der Waals surface area contributed by atoms with E-state index in [0.717, 1.165) is 10.8 Å². The van der Waals surface area contributed by atoms with Crippen LogP contribution in [0.15, 0.2) is 97.1 Å². The predicted molar refractivity (Wildman–Crippen MR) is 154 cm³/mol. The maximum absolute atomic E-state index is 14.7. The average Bonchev–Trinajstić information content (AvgIpc) is 3.32. The molecular formula is C33H31N3O5. The van der Waals surface area contributed by atoms with Gasteiger partial charge < -0.3 is 24.5 Å². The number of carbonyl (C=O) groups excluding carboxylic acids is 3. The molecule has 3 aromatic rings. The van der Waals surface area contributed by atoms with Crippen LogP contribution >= 0.6 is 0 Å². The lowest BCUT2D eigenvalue weighted by Crippen LogP contribution is -2.56. The van der Waals surface area contributed by atoms with E-state index < -0.39 is 35.6 Å². The van der Waals surface area contributed by atoms with Crippen LogP contribution in [-0.2, 0) is 19.1 Å². The third-order valence-corrected chi connectivity index (χ3v) is 9.04. The Labute approximate surface area is 238 Å². The second-order valence-corrected chi connectivity index (χ2v) is 11.2. The molecule has 208 valence electrons. The lowest BCUT2D eigenvalue weighted by atomic mass is 9.77. The van der Waals surface area contributed by atoms with Crippen LogP contribution in [0.4, 0.5) is 5.69 Å². The Morgan fingerprint density at radius 3 is 2.44 bits per heavy atom. The summed E-state index contributed by atoms with van der Waals surface area (Å²) < 4.78 is 6.70. The Balaban J connectivity index is 1.39. The molecule has 0 bridgehead atoms. The van der Waals surface area contributed by atoms with Gasteiger partial charge in [0.25, 0.3) is 5.91 Å². The SMILES string of the molecule is CN1CC=C[C@@H]2O[C@]34C=CCN(c5ccc6ccccc6c5)C(=O)C3N([C@H](CO)c3ccccc3)C(=O)[C@@H]4[C@@H]2C1=O. The highest BCUT2D eigenvalue weighted by Gasteiger charge is 2.72. The summed E-state index contributed by atoms with van der Waals surface area (Å²) in [6, 6.07) is 21.1. The van der Waals surface area contributed by atoms with Gasteiger partial charge in [-0.2, -0.15) is 0 Å². The summed E-state index contributed by atoms with van der Waals surface area (Å²) in [5, 5.41) is 12.7. The largest absolute Gasteiger partial charge is 0.394 e. The molecule has 1 unspecified atom stereocenters. The first-order valence-electron chi connectivity index (χ1n) is 14.0. The number of rotatable bonds is 4. The van der Waals surface area contributed by atoms with Crippen molar-refractivity contribution in [3.8, 4) is 0 Å². The van der Waals surface area contributed by atoms with Crippen LogP contribution in [0.5, 0.6) is 0 Å². The van der Waals surface area contributed by atoms with Gasteiger partial charge in [-0.15, -0.1) is 0 Å². The summed E-state index contributed by atoms with van der Waals surface area (Å²) >= 11 is 0. The van der Waals surface area contributed by atoms with Gasteiger partial charge in [-0.1, -0.05) is 85.0 Å². The number of nitrogens with zero attached hydrogens (tertiary/aromatic N) is 3. The van der Waals surface area contributed by atoms with E-state index >= 15 is 0 Å². The second kappa shape index (κ2) is 9.68. The number of hydrogen-bond acceptors (Lipinski definition) is 5. The van der Waals surface area contributed by atoms with Crippen molar-refractivity contribution in [1.82, 2.24) is 9.80 Å². The van der Waals surface area contributed by atoms with Crippen LogP contribution < -0.4 is 4.90 Å². The highest BCUT2D eigenvalue weighted by atomic mass is 16.5. The molecule has 2 saturated heterocycles. The quantitative estimate of drug-likeness (QED) is 0.506. The normalized spacial score (nSPS) is 29.8. The van der Waals surface area contributed by atoms with Gasteiger partial charge in [-0.25, -0.2) is 0 Å². The first-order valence-corrected chi connectivity index (χ1v) is 14.0. The Morgan fingerprint density at radius 2 is 1.66 bits per heavy atom. The zero-order chi connectivity index (χ0) is 28.3. The lowest BCUT2D eigenvalue weighted by Gasteiger charge is -2.38. The Bertz CT molecular complexity index is 1600. The fourth-order valence-electron chi connectivity index (χ4n) is 7.14. The molecule has 0 saturated carbocycles. The third kappa shape index (κ3) is 3.78. The molecule has 7 rings (SSSR count).